The molecule has 27 heavy (non-hydrogen) atoms. The summed E-state index contributed by atoms with van der Waals surface area (Å²) in [6.45, 7) is 2.05. The minimum absolute atomic E-state index is 0.209. The summed E-state index contributed by atoms with van der Waals surface area (Å²) in [5, 5.41) is 10.2. The van der Waals surface area contributed by atoms with Crippen molar-refractivity contribution in [1.82, 2.24) is 9.38 Å². The van der Waals surface area contributed by atoms with Crippen LogP contribution >= 0.6 is 0 Å². The molecule has 6 heteroatoms. The quantitative estimate of drug-likeness (QED) is 0.732. The van der Waals surface area contributed by atoms with Crippen molar-refractivity contribution in [3.63, 3.8) is 0 Å². The molecule has 0 aliphatic carbocycles. The fraction of sp³-hybridized carbons (Fsp3) is 0.190. The van der Waals surface area contributed by atoms with Crippen LogP contribution < -0.4 is 10.3 Å². The molecular formula is C21H18N3O3. The Morgan fingerprint density at radius 1 is 1.30 bits per heavy atom. The van der Waals surface area contributed by atoms with Gasteiger partial charge in [0, 0.05) is 29.7 Å². The number of hydrogen-bond acceptors (Lipinski definition) is 5. The fourth-order valence-electron chi connectivity index (χ4n) is 3.13. The number of aromatic nitrogens is 2. The van der Waals surface area contributed by atoms with Gasteiger partial charge in [-0.25, -0.2) is 4.98 Å². The zero-order chi connectivity index (χ0) is 18.8. The van der Waals surface area contributed by atoms with Gasteiger partial charge in [0.05, 0.1) is 11.8 Å². The van der Waals surface area contributed by atoms with Crippen molar-refractivity contribution in [3.05, 3.63) is 82.0 Å². The molecule has 0 spiro atoms. The van der Waals surface area contributed by atoms with E-state index in [2.05, 4.69) is 16.0 Å². The maximum atomic E-state index is 12.1. The number of allylic oxidation sites excluding steroid dienone is 1. The standard InChI is InChI=1S/C21H18N3O3/c1-2-5-14-17(25)7-3-8-18(14)27-20(16-9-11-22-16)15-6-4-13-24-19(26)10-12-23-21(15)24/h3-4,6-9,11-13,20,25H,2,5H2,1H3. The molecule has 2 aromatic heterocycles. The number of hydrogen-bond donors (Lipinski definition) is 1. The largest absolute Gasteiger partial charge is 0.508 e. The predicted octanol–water partition coefficient (Wildman–Crippen LogP) is 3.24. The Hall–Kier alpha value is -3.41. The summed E-state index contributed by atoms with van der Waals surface area (Å²) in [7, 11) is 0. The molecule has 1 aromatic carbocycles. The summed E-state index contributed by atoms with van der Waals surface area (Å²) in [5.41, 5.74) is 2.42. The summed E-state index contributed by atoms with van der Waals surface area (Å²) < 4.78 is 7.74. The Labute approximate surface area is 156 Å². The van der Waals surface area contributed by atoms with E-state index in [0.29, 0.717) is 17.8 Å². The predicted molar refractivity (Wildman–Crippen MR) is 102 cm³/mol. The van der Waals surface area contributed by atoms with Crippen molar-refractivity contribution >= 4 is 11.9 Å². The lowest BCUT2D eigenvalue weighted by atomic mass is 10.0. The van der Waals surface area contributed by atoms with Crippen molar-refractivity contribution in [2.24, 2.45) is 4.99 Å². The number of aromatic hydroxyl groups is 1. The number of ether oxygens (including phenoxy) is 1. The molecule has 0 amide bonds. The van der Waals surface area contributed by atoms with Crippen molar-refractivity contribution in [3.8, 4) is 11.5 Å². The summed E-state index contributed by atoms with van der Waals surface area (Å²) in [6, 6.07) is 11.4. The topological polar surface area (TPSA) is 76.2 Å². The molecule has 3 heterocycles. The molecule has 1 atom stereocenters. The molecule has 0 fully saturated rings. The number of fused-ring (bicyclic) bond motifs is 1. The molecule has 135 valence electrons. The Balaban J connectivity index is 1.83. The summed E-state index contributed by atoms with van der Waals surface area (Å²) in [4.78, 5) is 20.7. The molecule has 1 aliphatic rings. The van der Waals surface area contributed by atoms with E-state index in [1.54, 1.807) is 30.6 Å². The normalized spacial score (nSPS) is 13.9. The van der Waals surface area contributed by atoms with Gasteiger partial charge in [-0.2, -0.15) is 0 Å². The zero-order valence-corrected chi connectivity index (χ0v) is 14.8. The van der Waals surface area contributed by atoms with Gasteiger partial charge in [0.25, 0.3) is 5.56 Å². The highest BCUT2D eigenvalue weighted by Gasteiger charge is 2.25. The van der Waals surface area contributed by atoms with Crippen LogP contribution in [0.15, 0.2) is 64.3 Å². The van der Waals surface area contributed by atoms with Gasteiger partial charge in [-0.05, 0) is 36.8 Å². The minimum atomic E-state index is -0.544. The lowest BCUT2D eigenvalue weighted by Crippen LogP contribution is -2.19. The Morgan fingerprint density at radius 2 is 2.15 bits per heavy atom. The van der Waals surface area contributed by atoms with Crippen LogP contribution in [0.2, 0.25) is 0 Å². The monoisotopic (exact) mass is 360 g/mol. The van der Waals surface area contributed by atoms with Crippen LogP contribution in [0.3, 0.4) is 0 Å². The number of pyridine rings is 1. The number of phenols is 1. The van der Waals surface area contributed by atoms with Crippen molar-refractivity contribution < 1.29 is 9.84 Å². The third-order valence-corrected chi connectivity index (χ3v) is 4.46. The summed E-state index contributed by atoms with van der Waals surface area (Å²) in [6.07, 6.45) is 7.60. The molecule has 0 bridgehead atoms. The van der Waals surface area contributed by atoms with Crippen LogP contribution in [0.1, 0.15) is 30.6 Å². The summed E-state index contributed by atoms with van der Waals surface area (Å²) >= 11 is 0. The minimum Gasteiger partial charge on any atom is -0.508 e. The van der Waals surface area contributed by atoms with Crippen molar-refractivity contribution in [1.29, 1.82) is 0 Å². The van der Waals surface area contributed by atoms with Gasteiger partial charge in [-0.15, -0.1) is 0 Å². The van der Waals surface area contributed by atoms with Gasteiger partial charge in [0.1, 0.15) is 17.1 Å². The first-order valence-corrected chi connectivity index (χ1v) is 8.78. The average Bonchev–Trinajstić information content (AvgIpc) is 2.62. The molecule has 3 aromatic rings. The first kappa shape index (κ1) is 17.0. The molecule has 1 aliphatic heterocycles. The van der Waals surface area contributed by atoms with Crippen LogP contribution in [-0.2, 0) is 6.42 Å². The van der Waals surface area contributed by atoms with Gasteiger partial charge in [-0.3, -0.25) is 14.2 Å². The number of aliphatic imine (C=N–C) groups is 1. The Bertz CT molecular complexity index is 1120. The Kier molecular flexibility index (Phi) is 4.46. The molecule has 0 saturated heterocycles. The second-order valence-electron chi connectivity index (χ2n) is 6.24. The fourth-order valence-corrected chi connectivity index (χ4v) is 3.13. The number of benzene rings is 1. The first-order valence-electron chi connectivity index (χ1n) is 8.78. The van der Waals surface area contributed by atoms with E-state index < -0.39 is 6.10 Å². The van der Waals surface area contributed by atoms with Crippen LogP contribution in [0.5, 0.6) is 11.5 Å². The maximum absolute atomic E-state index is 12.1. The van der Waals surface area contributed by atoms with Gasteiger partial charge in [-0.1, -0.05) is 19.4 Å². The Morgan fingerprint density at radius 3 is 2.89 bits per heavy atom. The molecule has 4 rings (SSSR count). The van der Waals surface area contributed by atoms with E-state index in [4.69, 9.17) is 4.74 Å². The molecular weight excluding hydrogens is 342 g/mol. The third-order valence-electron chi connectivity index (χ3n) is 4.46. The lowest BCUT2D eigenvalue weighted by molar-refractivity contribution is 0.237. The summed E-state index contributed by atoms with van der Waals surface area (Å²) in [5.74, 6) is 0.803. The van der Waals surface area contributed by atoms with Gasteiger partial charge >= 0.3 is 0 Å². The number of nitrogens with zero attached hydrogens (tertiary/aromatic N) is 3. The second kappa shape index (κ2) is 7.07. The van der Waals surface area contributed by atoms with E-state index in [1.165, 1.54) is 10.6 Å². The molecule has 1 radical (unpaired) electrons. The van der Waals surface area contributed by atoms with Gasteiger partial charge in [0.2, 0.25) is 0 Å². The average molecular weight is 360 g/mol. The molecule has 0 saturated carbocycles. The number of rotatable bonds is 6. The maximum Gasteiger partial charge on any atom is 0.265 e. The highest BCUT2D eigenvalue weighted by molar-refractivity contribution is 5.80. The van der Waals surface area contributed by atoms with Crippen molar-refractivity contribution in [2.45, 2.75) is 25.9 Å². The molecule has 1 unspecified atom stereocenters. The van der Waals surface area contributed by atoms with E-state index in [9.17, 15) is 9.90 Å². The van der Waals surface area contributed by atoms with Crippen LogP contribution in [0, 0.1) is 6.07 Å². The highest BCUT2D eigenvalue weighted by atomic mass is 16.5. The first-order chi connectivity index (χ1) is 13.2. The van der Waals surface area contributed by atoms with Crippen LogP contribution in [0.25, 0.3) is 5.65 Å². The van der Waals surface area contributed by atoms with Crippen LogP contribution in [-0.4, -0.2) is 20.7 Å². The van der Waals surface area contributed by atoms with Gasteiger partial charge in [0.15, 0.2) is 6.10 Å². The third kappa shape index (κ3) is 3.10. The van der Waals surface area contributed by atoms with E-state index in [1.807, 2.05) is 25.1 Å². The van der Waals surface area contributed by atoms with E-state index >= 15 is 0 Å². The van der Waals surface area contributed by atoms with Crippen molar-refractivity contribution in [2.75, 3.05) is 0 Å². The smallest absolute Gasteiger partial charge is 0.265 e. The van der Waals surface area contributed by atoms with E-state index in [0.717, 1.165) is 23.2 Å². The number of phenolic OH excluding ortho intramolecular Hbond substituents is 1. The second-order valence-corrected chi connectivity index (χ2v) is 6.24. The molecule has 6 nitrogen and oxygen atoms in total. The highest BCUT2D eigenvalue weighted by Crippen LogP contribution is 2.36. The lowest BCUT2D eigenvalue weighted by Gasteiger charge is -2.24. The zero-order valence-electron chi connectivity index (χ0n) is 14.8. The van der Waals surface area contributed by atoms with Crippen LogP contribution in [0.4, 0.5) is 0 Å². The molecule has 1 N–H and O–H groups in total. The van der Waals surface area contributed by atoms with E-state index in [-0.39, 0.29) is 11.3 Å². The SMILES string of the molecule is CCCc1c(O)cccc1OC(C1=CC=N1)c1cccn2c(=O)[c]cnc12. The van der Waals surface area contributed by atoms with Gasteiger partial charge < -0.3 is 9.84 Å².